The fraction of sp³-hybridized carbons (Fsp3) is 0.182. The number of furan rings is 1. The van der Waals surface area contributed by atoms with Gasteiger partial charge in [-0.2, -0.15) is 28.1 Å². The Morgan fingerprint density at radius 1 is 1.48 bits per heavy atom. The van der Waals surface area contributed by atoms with E-state index in [1.165, 1.54) is 6.26 Å². The standard InChI is InChI=1S/C11H7F3N6O/c12-11(13,14)9-18-10-17-7(6-2-1-3-21-6)5(4-15)8(16)20(10)19-9/h1-3,7H,16H2,(H,17,18,19). The third-order valence-electron chi connectivity index (χ3n) is 2.88. The second kappa shape index (κ2) is 4.27. The van der Waals surface area contributed by atoms with Crippen LogP contribution in [0, 0.1) is 11.3 Å². The monoisotopic (exact) mass is 296 g/mol. The number of aromatic nitrogens is 3. The van der Waals surface area contributed by atoms with Crippen LogP contribution in [0.2, 0.25) is 0 Å². The minimum Gasteiger partial charge on any atom is -0.467 e. The molecule has 0 aromatic carbocycles. The van der Waals surface area contributed by atoms with Gasteiger partial charge in [0.25, 0.3) is 5.82 Å². The van der Waals surface area contributed by atoms with Crippen molar-refractivity contribution >= 4 is 11.8 Å². The lowest BCUT2D eigenvalue weighted by Crippen LogP contribution is -2.26. The molecule has 1 aliphatic heterocycles. The SMILES string of the molecule is N#CC1=C(N)n2nc(C(F)(F)F)nc2NC1c1ccco1. The summed E-state index contributed by atoms with van der Waals surface area (Å²) in [5, 5.41) is 15.1. The number of alkyl halides is 3. The first-order valence-corrected chi connectivity index (χ1v) is 5.66. The molecule has 10 heteroatoms. The quantitative estimate of drug-likeness (QED) is 0.829. The van der Waals surface area contributed by atoms with Crippen LogP contribution in [-0.4, -0.2) is 14.8 Å². The summed E-state index contributed by atoms with van der Waals surface area (Å²) in [5.74, 6) is -1.45. The van der Waals surface area contributed by atoms with E-state index in [4.69, 9.17) is 15.4 Å². The van der Waals surface area contributed by atoms with Crippen molar-refractivity contribution in [3.8, 4) is 6.07 Å². The van der Waals surface area contributed by atoms with Crippen LogP contribution in [0.3, 0.4) is 0 Å². The highest BCUT2D eigenvalue weighted by atomic mass is 19.4. The first kappa shape index (κ1) is 13.0. The molecule has 3 N–H and O–H groups in total. The highest BCUT2D eigenvalue weighted by molar-refractivity contribution is 5.64. The van der Waals surface area contributed by atoms with Crippen molar-refractivity contribution in [3.05, 3.63) is 35.6 Å². The summed E-state index contributed by atoms with van der Waals surface area (Å²) in [5.41, 5.74) is 5.72. The van der Waals surface area contributed by atoms with Crippen LogP contribution in [0.4, 0.5) is 19.1 Å². The number of anilines is 1. The Balaban J connectivity index is 2.12. The van der Waals surface area contributed by atoms with E-state index >= 15 is 0 Å². The third kappa shape index (κ3) is 1.99. The molecule has 0 amide bonds. The van der Waals surface area contributed by atoms with Crippen LogP contribution in [0.5, 0.6) is 0 Å². The fourth-order valence-electron chi connectivity index (χ4n) is 1.95. The first-order chi connectivity index (χ1) is 9.91. The number of rotatable bonds is 1. The predicted octanol–water partition coefficient (Wildman–Crippen LogP) is 1.71. The summed E-state index contributed by atoms with van der Waals surface area (Å²) in [6.07, 6.45) is -3.33. The molecule has 21 heavy (non-hydrogen) atoms. The molecule has 1 atom stereocenters. The maximum atomic E-state index is 12.6. The minimum absolute atomic E-state index is 0.00363. The second-order valence-corrected chi connectivity index (χ2v) is 4.17. The van der Waals surface area contributed by atoms with E-state index in [0.29, 0.717) is 5.76 Å². The zero-order valence-corrected chi connectivity index (χ0v) is 10.2. The summed E-state index contributed by atoms with van der Waals surface area (Å²) < 4.78 is 43.8. The van der Waals surface area contributed by atoms with E-state index in [-0.39, 0.29) is 17.3 Å². The highest BCUT2D eigenvalue weighted by Gasteiger charge is 2.40. The van der Waals surface area contributed by atoms with Crippen LogP contribution in [0.25, 0.3) is 5.82 Å². The van der Waals surface area contributed by atoms with Crippen LogP contribution in [0.15, 0.2) is 28.4 Å². The van der Waals surface area contributed by atoms with E-state index < -0.39 is 18.0 Å². The van der Waals surface area contributed by atoms with Gasteiger partial charge in [-0.25, -0.2) is 0 Å². The smallest absolute Gasteiger partial charge is 0.453 e. The Morgan fingerprint density at radius 3 is 2.81 bits per heavy atom. The lowest BCUT2D eigenvalue weighted by atomic mass is 10.0. The molecule has 1 unspecified atom stereocenters. The summed E-state index contributed by atoms with van der Waals surface area (Å²) in [6.45, 7) is 0. The molecule has 108 valence electrons. The van der Waals surface area contributed by atoms with Crippen LogP contribution >= 0.6 is 0 Å². The van der Waals surface area contributed by atoms with Crippen LogP contribution < -0.4 is 11.1 Å². The van der Waals surface area contributed by atoms with Gasteiger partial charge in [-0.15, -0.1) is 5.10 Å². The molecule has 0 saturated heterocycles. The molecule has 0 saturated carbocycles. The average molecular weight is 296 g/mol. The Hall–Kier alpha value is -2.96. The summed E-state index contributed by atoms with van der Waals surface area (Å²) in [6, 6.07) is 4.18. The summed E-state index contributed by atoms with van der Waals surface area (Å²) >= 11 is 0. The van der Waals surface area contributed by atoms with Crippen molar-refractivity contribution in [2.24, 2.45) is 5.73 Å². The minimum atomic E-state index is -4.71. The van der Waals surface area contributed by atoms with E-state index in [0.717, 1.165) is 4.68 Å². The average Bonchev–Trinajstić information content (AvgIpc) is 3.07. The molecule has 1 aliphatic rings. The van der Waals surface area contributed by atoms with Crippen molar-refractivity contribution < 1.29 is 17.6 Å². The van der Waals surface area contributed by atoms with Gasteiger partial charge in [-0.1, -0.05) is 0 Å². The van der Waals surface area contributed by atoms with Gasteiger partial charge in [-0.05, 0) is 12.1 Å². The molecule has 3 rings (SSSR count). The lowest BCUT2D eigenvalue weighted by molar-refractivity contribution is -0.144. The number of nitrogens with zero attached hydrogens (tertiary/aromatic N) is 4. The molecule has 7 nitrogen and oxygen atoms in total. The van der Waals surface area contributed by atoms with E-state index in [1.54, 1.807) is 12.1 Å². The van der Waals surface area contributed by atoms with Crippen LogP contribution in [-0.2, 0) is 6.18 Å². The fourth-order valence-corrected chi connectivity index (χ4v) is 1.95. The first-order valence-electron chi connectivity index (χ1n) is 5.66. The molecule has 0 radical (unpaired) electrons. The number of nitrogens with one attached hydrogen (secondary N) is 1. The number of fused-ring (bicyclic) bond motifs is 1. The normalized spacial score (nSPS) is 18.1. The Kier molecular flexibility index (Phi) is 2.65. The molecule has 2 aromatic heterocycles. The van der Waals surface area contributed by atoms with Crippen molar-refractivity contribution in [1.82, 2.24) is 14.8 Å². The Morgan fingerprint density at radius 2 is 2.24 bits per heavy atom. The number of hydrogen-bond acceptors (Lipinski definition) is 6. The van der Waals surface area contributed by atoms with Crippen molar-refractivity contribution in [1.29, 1.82) is 5.26 Å². The maximum Gasteiger partial charge on any atom is 0.453 e. The van der Waals surface area contributed by atoms with Gasteiger partial charge in [0.2, 0.25) is 5.95 Å². The van der Waals surface area contributed by atoms with Crippen molar-refractivity contribution in [2.75, 3.05) is 5.32 Å². The van der Waals surface area contributed by atoms with Gasteiger partial charge in [-0.3, -0.25) is 0 Å². The molecule has 3 heterocycles. The Labute approximate surface area is 115 Å². The van der Waals surface area contributed by atoms with Crippen molar-refractivity contribution in [2.45, 2.75) is 12.2 Å². The lowest BCUT2D eigenvalue weighted by Gasteiger charge is -2.23. The zero-order valence-electron chi connectivity index (χ0n) is 10.2. The van der Waals surface area contributed by atoms with Crippen LogP contribution in [0.1, 0.15) is 17.6 Å². The van der Waals surface area contributed by atoms with Gasteiger partial charge in [0, 0.05) is 0 Å². The number of nitriles is 1. The van der Waals surface area contributed by atoms with E-state index in [1.807, 2.05) is 6.07 Å². The van der Waals surface area contributed by atoms with E-state index in [9.17, 15) is 13.2 Å². The van der Waals surface area contributed by atoms with Gasteiger partial charge in [0.15, 0.2) is 0 Å². The zero-order chi connectivity index (χ0) is 15.2. The Bertz CT molecular complexity index is 752. The molecule has 0 spiro atoms. The van der Waals surface area contributed by atoms with Gasteiger partial charge < -0.3 is 15.5 Å². The number of nitrogens with two attached hydrogens (primary N) is 1. The largest absolute Gasteiger partial charge is 0.467 e. The molecule has 0 bridgehead atoms. The molecular formula is C11H7F3N6O. The van der Waals surface area contributed by atoms with Gasteiger partial charge in [0.1, 0.15) is 29.3 Å². The predicted molar refractivity (Wildman–Crippen MR) is 63.1 cm³/mol. The molecule has 2 aromatic rings. The van der Waals surface area contributed by atoms with Gasteiger partial charge >= 0.3 is 6.18 Å². The molecule has 0 fully saturated rings. The topological polar surface area (TPSA) is 106 Å². The van der Waals surface area contributed by atoms with Crippen molar-refractivity contribution in [3.63, 3.8) is 0 Å². The molecule has 0 aliphatic carbocycles. The maximum absolute atomic E-state index is 12.6. The summed E-state index contributed by atoms with van der Waals surface area (Å²) in [7, 11) is 0. The third-order valence-corrected chi connectivity index (χ3v) is 2.88. The molecular weight excluding hydrogens is 289 g/mol. The number of hydrogen-bond donors (Lipinski definition) is 2. The van der Waals surface area contributed by atoms with Gasteiger partial charge in [0.05, 0.1) is 6.26 Å². The number of halogens is 3. The highest BCUT2D eigenvalue weighted by Crippen LogP contribution is 2.35. The van der Waals surface area contributed by atoms with E-state index in [2.05, 4.69) is 15.4 Å². The summed E-state index contributed by atoms with van der Waals surface area (Å²) in [4.78, 5) is 3.35. The second-order valence-electron chi connectivity index (χ2n) is 4.17.